The van der Waals surface area contributed by atoms with Crippen molar-refractivity contribution in [3.63, 3.8) is 0 Å². The minimum absolute atomic E-state index is 0.0751. The summed E-state index contributed by atoms with van der Waals surface area (Å²) < 4.78 is 0. The lowest BCUT2D eigenvalue weighted by molar-refractivity contribution is -0.132. The van der Waals surface area contributed by atoms with Crippen LogP contribution in [0.2, 0.25) is 0 Å². The third-order valence-corrected chi connectivity index (χ3v) is 8.52. The van der Waals surface area contributed by atoms with Crippen molar-refractivity contribution in [3.8, 4) is 0 Å². The smallest absolute Gasteiger partial charge is 0.331 e. The van der Waals surface area contributed by atoms with E-state index in [1.54, 1.807) is 6.92 Å². The average molecular weight is 342 g/mol. The second-order valence-corrected chi connectivity index (χ2v) is 9.37. The molecule has 25 heavy (non-hydrogen) atoms. The largest absolute Gasteiger partial charge is 0.478 e. The molecular weight excluding hydrogens is 312 g/mol. The molecule has 0 aliphatic heterocycles. The van der Waals surface area contributed by atoms with E-state index in [9.17, 15) is 14.7 Å². The van der Waals surface area contributed by atoms with Gasteiger partial charge in [0.15, 0.2) is 5.78 Å². The van der Waals surface area contributed by atoms with Gasteiger partial charge in [0.2, 0.25) is 0 Å². The minimum Gasteiger partial charge on any atom is -0.478 e. The molecule has 5 atom stereocenters. The van der Waals surface area contributed by atoms with Gasteiger partial charge in [-0.3, -0.25) is 4.79 Å². The second kappa shape index (κ2) is 5.56. The Morgan fingerprint density at radius 3 is 2.48 bits per heavy atom. The summed E-state index contributed by atoms with van der Waals surface area (Å²) in [5, 5.41) is 9.50. The molecule has 0 aromatic carbocycles. The van der Waals surface area contributed by atoms with Crippen molar-refractivity contribution < 1.29 is 14.7 Å². The Morgan fingerprint density at radius 2 is 1.76 bits per heavy atom. The van der Waals surface area contributed by atoms with Crippen molar-refractivity contribution in [1.82, 2.24) is 0 Å². The molecule has 0 aromatic heterocycles. The number of ketones is 1. The fourth-order valence-electron chi connectivity index (χ4n) is 7.12. The van der Waals surface area contributed by atoms with Crippen LogP contribution in [-0.2, 0) is 9.59 Å². The molecule has 3 nitrogen and oxygen atoms in total. The molecule has 4 aliphatic rings. The van der Waals surface area contributed by atoms with Gasteiger partial charge in [-0.05, 0) is 86.5 Å². The van der Waals surface area contributed by atoms with Gasteiger partial charge in [-0.2, -0.15) is 0 Å². The van der Waals surface area contributed by atoms with E-state index in [0.29, 0.717) is 35.5 Å². The fraction of sp³-hybridized carbons (Fsp3) is 0.727. The molecule has 0 unspecified atom stereocenters. The fourth-order valence-corrected chi connectivity index (χ4v) is 7.12. The summed E-state index contributed by atoms with van der Waals surface area (Å²) >= 11 is 0. The summed E-state index contributed by atoms with van der Waals surface area (Å²) in [6.07, 6.45) is 10.3. The van der Waals surface area contributed by atoms with Crippen LogP contribution in [0, 0.1) is 28.6 Å². The highest BCUT2D eigenvalue weighted by Crippen LogP contribution is 2.66. The van der Waals surface area contributed by atoms with Crippen molar-refractivity contribution in [3.05, 3.63) is 22.8 Å². The molecule has 0 spiro atoms. The van der Waals surface area contributed by atoms with Crippen molar-refractivity contribution in [2.75, 3.05) is 0 Å². The monoisotopic (exact) mass is 342 g/mol. The van der Waals surface area contributed by atoms with E-state index in [0.717, 1.165) is 32.1 Å². The van der Waals surface area contributed by atoms with Crippen molar-refractivity contribution in [2.24, 2.45) is 28.6 Å². The Labute approximate surface area is 150 Å². The Hall–Kier alpha value is -1.38. The zero-order chi connectivity index (χ0) is 18.0. The van der Waals surface area contributed by atoms with Gasteiger partial charge in [0, 0.05) is 12.0 Å². The first kappa shape index (κ1) is 17.1. The molecule has 0 amide bonds. The molecular formula is C22H30O3. The summed E-state index contributed by atoms with van der Waals surface area (Å²) in [5.41, 5.74) is 3.49. The maximum absolute atomic E-state index is 11.9. The highest BCUT2D eigenvalue weighted by atomic mass is 16.4. The molecule has 0 bridgehead atoms. The van der Waals surface area contributed by atoms with Gasteiger partial charge in [0.1, 0.15) is 0 Å². The van der Waals surface area contributed by atoms with E-state index in [4.69, 9.17) is 0 Å². The van der Waals surface area contributed by atoms with Gasteiger partial charge in [0.05, 0.1) is 0 Å². The number of aliphatic carboxylic acids is 1. The van der Waals surface area contributed by atoms with Gasteiger partial charge in [-0.15, -0.1) is 0 Å². The maximum atomic E-state index is 11.9. The van der Waals surface area contributed by atoms with Gasteiger partial charge in [-0.1, -0.05) is 25.0 Å². The van der Waals surface area contributed by atoms with Crippen molar-refractivity contribution in [1.29, 1.82) is 0 Å². The lowest BCUT2D eigenvalue weighted by Gasteiger charge is -2.57. The average Bonchev–Trinajstić information content (AvgIpc) is 2.92. The second-order valence-electron chi connectivity index (χ2n) is 9.37. The SMILES string of the molecule is C/C(C(=O)O)=C1\CC[C@H]2[C@@H]3CCC4=CC(=O)CC[C@]4(C)[C@H]3CC[C@]12C. The van der Waals surface area contributed by atoms with E-state index in [1.165, 1.54) is 24.0 Å². The molecule has 0 heterocycles. The molecule has 0 radical (unpaired) electrons. The zero-order valence-corrected chi connectivity index (χ0v) is 15.7. The number of rotatable bonds is 1. The zero-order valence-electron chi connectivity index (χ0n) is 15.7. The molecule has 136 valence electrons. The Balaban J connectivity index is 1.69. The van der Waals surface area contributed by atoms with Gasteiger partial charge in [0.25, 0.3) is 0 Å². The summed E-state index contributed by atoms with van der Waals surface area (Å²) in [5.74, 6) is 1.54. The highest BCUT2D eigenvalue weighted by Gasteiger charge is 2.57. The van der Waals surface area contributed by atoms with E-state index in [2.05, 4.69) is 13.8 Å². The molecule has 3 fully saturated rings. The number of hydrogen-bond acceptors (Lipinski definition) is 2. The number of allylic oxidation sites excluding steroid dienone is 2. The lowest BCUT2D eigenvalue weighted by Crippen LogP contribution is -2.49. The third kappa shape index (κ3) is 2.30. The quantitative estimate of drug-likeness (QED) is 0.688. The number of carboxylic acids is 1. The van der Waals surface area contributed by atoms with Crippen molar-refractivity contribution >= 4 is 11.8 Å². The molecule has 4 aliphatic carbocycles. The van der Waals surface area contributed by atoms with Crippen LogP contribution < -0.4 is 0 Å². The summed E-state index contributed by atoms with van der Waals surface area (Å²) in [6, 6.07) is 0. The van der Waals surface area contributed by atoms with Gasteiger partial charge < -0.3 is 5.11 Å². The van der Waals surface area contributed by atoms with Gasteiger partial charge >= 0.3 is 5.97 Å². The van der Waals surface area contributed by atoms with Crippen LogP contribution in [0.5, 0.6) is 0 Å². The van der Waals surface area contributed by atoms with Crippen LogP contribution in [0.3, 0.4) is 0 Å². The summed E-state index contributed by atoms with van der Waals surface area (Å²) in [4.78, 5) is 23.5. The van der Waals surface area contributed by atoms with Crippen LogP contribution in [0.4, 0.5) is 0 Å². The topological polar surface area (TPSA) is 54.4 Å². The molecule has 3 heteroatoms. The number of carbonyl (C=O) groups excluding carboxylic acids is 1. The Bertz CT molecular complexity index is 700. The molecule has 1 N–H and O–H groups in total. The normalized spacial score (nSPS) is 45.2. The number of carboxylic acid groups (broad SMARTS) is 1. The summed E-state index contributed by atoms with van der Waals surface area (Å²) in [6.45, 7) is 6.53. The predicted octanol–water partition coefficient (Wildman–Crippen LogP) is 4.92. The molecule has 0 saturated heterocycles. The summed E-state index contributed by atoms with van der Waals surface area (Å²) in [7, 11) is 0. The van der Waals surface area contributed by atoms with E-state index >= 15 is 0 Å². The predicted molar refractivity (Wildman–Crippen MR) is 97.0 cm³/mol. The first-order valence-electron chi connectivity index (χ1n) is 9.95. The third-order valence-electron chi connectivity index (χ3n) is 8.52. The Kier molecular flexibility index (Phi) is 3.79. The van der Waals surface area contributed by atoms with Crippen molar-refractivity contribution in [2.45, 2.75) is 72.1 Å². The van der Waals surface area contributed by atoms with Crippen LogP contribution in [0.25, 0.3) is 0 Å². The lowest BCUT2D eigenvalue weighted by atomic mass is 9.47. The number of carbonyl (C=O) groups is 2. The first-order valence-corrected chi connectivity index (χ1v) is 9.95. The number of fused-ring (bicyclic) bond motifs is 5. The van der Waals surface area contributed by atoms with E-state index in [-0.39, 0.29) is 10.8 Å². The van der Waals surface area contributed by atoms with Crippen LogP contribution in [0.1, 0.15) is 72.1 Å². The van der Waals surface area contributed by atoms with E-state index in [1.807, 2.05) is 6.08 Å². The number of hydrogen-bond donors (Lipinski definition) is 1. The molecule has 4 rings (SSSR count). The van der Waals surface area contributed by atoms with Crippen LogP contribution in [0.15, 0.2) is 22.8 Å². The van der Waals surface area contributed by atoms with E-state index < -0.39 is 5.97 Å². The highest BCUT2D eigenvalue weighted by molar-refractivity contribution is 5.91. The molecule has 0 aromatic rings. The molecule has 3 saturated carbocycles. The Morgan fingerprint density at radius 1 is 1.04 bits per heavy atom. The van der Waals surface area contributed by atoms with Gasteiger partial charge in [-0.25, -0.2) is 4.79 Å². The standard InChI is InChI=1S/C22H30O3/c1-13(20(24)25)17-6-7-18-16-5-4-14-12-15(23)8-10-21(14,2)19(16)9-11-22(17,18)3/h12,16,18-19H,4-11H2,1-3H3,(H,24,25)/b17-13-/t16-,18-,19-,21-,22+/m0/s1. The minimum atomic E-state index is -0.745. The van der Waals surface area contributed by atoms with Crippen LogP contribution in [-0.4, -0.2) is 16.9 Å². The van der Waals surface area contributed by atoms with Crippen LogP contribution >= 0.6 is 0 Å². The maximum Gasteiger partial charge on any atom is 0.331 e. The first-order chi connectivity index (χ1) is 11.8.